The molecule has 1 fully saturated rings. The number of ether oxygens (including phenoxy) is 1. The molecule has 1 aliphatic rings. The number of hydrogen-bond acceptors (Lipinski definition) is 4. The molecule has 4 nitrogen and oxygen atoms in total. The Hall–Kier alpha value is -1.65. The largest absolute Gasteiger partial charge is 0.444 e. The first-order valence-corrected chi connectivity index (χ1v) is 5.76. The molecule has 0 spiro atoms. The number of aromatic nitrogens is 1. The van der Waals surface area contributed by atoms with Gasteiger partial charge in [0.25, 0.3) is 0 Å². The normalized spacial score (nSPS) is 20.4. The zero-order chi connectivity index (χ0) is 11.5. The van der Waals surface area contributed by atoms with Gasteiger partial charge in [-0.15, -0.1) is 0 Å². The van der Waals surface area contributed by atoms with Gasteiger partial charge >= 0.3 is 0 Å². The molecule has 1 aromatic carbocycles. The van der Waals surface area contributed by atoms with Crippen molar-refractivity contribution < 1.29 is 9.15 Å². The Kier molecular flexibility index (Phi) is 2.90. The minimum Gasteiger partial charge on any atom is -0.444 e. The van der Waals surface area contributed by atoms with E-state index in [1.54, 1.807) is 6.26 Å². The van der Waals surface area contributed by atoms with Crippen molar-refractivity contribution >= 4 is 0 Å². The number of nitrogens with zero attached hydrogens (tertiary/aromatic N) is 1. The molecule has 0 bridgehead atoms. The van der Waals surface area contributed by atoms with Crippen molar-refractivity contribution in [1.29, 1.82) is 0 Å². The maximum atomic E-state index is 5.63. The third kappa shape index (κ3) is 2.23. The monoisotopic (exact) mass is 230 g/mol. The number of rotatable bonds is 2. The van der Waals surface area contributed by atoms with Gasteiger partial charge in [0.2, 0.25) is 5.89 Å². The van der Waals surface area contributed by atoms with Gasteiger partial charge < -0.3 is 14.5 Å². The minimum atomic E-state index is 0.00459. The molecule has 2 heterocycles. The lowest BCUT2D eigenvalue weighted by Gasteiger charge is -2.21. The van der Waals surface area contributed by atoms with E-state index in [-0.39, 0.29) is 6.10 Å². The molecular formula is C13H14N2O2. The number of benzene rings is 1. The van der Waals surface area contributed by atoms with Gasteiger partial charge in [-0.3, -0.25) is 0 Å². The summed E-state index contributed by atoms with van der Waals surface area (Å²) in [7, 11) is 0. The van der Waals surface area contributed by atoms with Gasteiger partial charge in [0.15, 0.2) is 0 Å². The lowest BCUT2D eigenvalue weighted by atomic mass is 10.2. The molecule has 2 aromatic rings. The molecule has 0 saturated carbocycles. The van der Waals surface area contributed by atoms with Crippen molar-refractivity contribution in [3.05, 3.63) is 42.3 Å². The number of morpholine rings is 1. The fourth-order valence-electron chi connectivity index (χ4n) is 1.90. The van der Waals surface area contributed by atoms with Crippen molar-refractivity contribution in [1.82, 2.24) is 10.3 Å². The minimum absolute atomic E-state index is 0.00459. The fourth-order valence-corrected chi connectivity index (χ4v) is 1.90. The Morgan fingerprint density at radius 3 is 2.88 bits per heavy atom. The maximum absolute atomic E-state index is 5.63. The fraction of sp³-hybridized carbons (Fsp3) is 0.308. The second-order valence-electron chi connectivity index (χ2n) is 4.01. The molecule has 1 N–H and O–H groups in total. The van der Waals surface area contributed by atoms with E-state index in [1.165, 1.54) is 0 Å². The van der Waals surface area contributed by atoms with Gasteiger partial charge in [0.05, 0.1) is 6.61 Å². The summed E-state index contributed by atoms with van der Waals surface area (Å²) in [5.74, 6) is 0.648. The third-order valence-corrected chi connectivity index (χ3v) is 2.80. The number of oxazole rings is 1. The van der Waals surface area contributed by atoms with Gasteiger partial charge in [0, 0.05) is 18.7 Å². The van der Waals surface area contributed by atoms with Crippen LogP contribution >= 0.6 is 0 Å². The Morgan fingerprint density at radius 2 is 2.12 bits per heavy atom. The van der Waals surface area contributed by atoms with Crippen molar-refractivity contribution in [3.63, 3.8) is 0 Å². The summed E-state index contributed by atoms with van der Waals surface area (Å²) in [6.07, 6.45) is 1.69. The maximum Gasteiger partial charge on any atom is 0.226 e. The van der Waals surface area contributed by atoms with Gasteiger partial charge in [0.1, 0.15) is 18.1 Å². The molecule has 1 saturated heterocycles. The van der Waals surface area contributed by atoms with Gasteiger partial charge in [-0.05, 0) is 12.1 Å². The van der Waals surface area contributed by atoms with Crippen LogP contribution in [0.1, 0.15) is 11.8 Å². The summed E-state index contributed by atoms with van der Waals surface area (Å²) < 4.78 is 11.1. The Morgan fingerprint density at radius 1 is 1.24 bits per heavy atom. The van der Waals surface area contributed by atoms with Crippen LogP contribution in [0, 0.1) is 0 Å². The average molecular weight is 230 g/mol. The molecule has 1 aromatic heterocycles. The van der Waals surface area contributed by atoms with Crippen LogP contribution in [0.2, 0.25) is 0 Å². The van der Waals surface area contributed by atoms with Gasteiger partial charge in [-0.25, -0.2) is 4.98 Å². The SMILES string of the molecule is c1ccc(-c2nc(C3CNCCO3)co2)cc1. The molecule has 3 rings (SSSR count). The highest BCUT2D eigenvalue weighted by molar-refractivity contribution is 5.52. The van der Waals surface area contributed by atoms with Crippen LogP contribution in [-0.2, 0) is 4.74 Å². The molecule has 0 radical (unpaired) electrons. The number of hydrogen-bond donors (Lipinski definition) is 1. The van der Waals surface area contributed by atoms with E-state index < -0.39 is 0 Å². The summed E-state index contributed by atoms with van der Waals surface area (Å²) in [5, 5.41) is 3.28. The lowest BCUT2D eigenvalue weighted by Crippen LogP contribution is -2.33. The second-order valence-corrected chi connectivity index (χ2v) is 4.01. The first-order chi connectivity index (χ1) is 8.43. The zero-order valence-corrected chi connectivity index (χ0v) is 9.43. The van der Waals surface area contributed by atoms with Crippen molar-refractivity contribution in [2.45, 2.75) is 6.10 Å². The highest BCUT2D eigenvalue weighted by Gasteiger charge is 2.19. The first kappa shape index (κ1) is 10.5. The summed E-state index contributed by atoms with van der Waals surface area (Å²) in [5.41, 5.74) is 1.85. The Bertz CT molecular complexity index is 475. The molecule has 4 heteroatoms. The molecule has 1 atom stereocenters. The van der Waals surface area contributed by atoms with Crippen LogP contribution in [-0.4, -0.2) is 24.7 Å². The van der Waals surface area contributed by atoms with E-state index in [1.807, 2.05) is 30.3 Å². The summed E-state index contributed by atoms with van der Waals surface area (Å²) in [6, 6.07) is 9.88. The van der Waals surface area contributed by atoms with E-state index in [2.05, 4.69) is 10.3 Å². The second kappa shape index (κ2) is 4.69. The standard InChI is InChI=1S/C13H14N2O2/c1-2-4-10(5-3-1)13-15-11(9-17-13)12-8-14-6-7-16-12/h1-5,9,12,14H,6-8H2. The van der Waals surface area contributed by atoms with Crippen molar-refractivity contribution in [3.8, 4) is 11.5 Å². The first-order valence-electron chi connectivity index (χ1n) is 5.76. The van der Waals surface area contributed by atoms with Crippen LogP contribution in [0.4, 0.5) is 0 Å². The van der Waals surface area contributed by atoms with Gasteiger partial charge in [-0.1, -0.05) is 18.2 Å². The van der Waals surface area contributed by atoms with E-state index in [4.69, 9.17) is 9.15 Å². The van der Waals surface area contributed by atoms with E-state index >= 15 is 0 Å². The average Bonchev–Trinajstić information content (AvgIpc) is 2.90. The summed E-state index contributed by atoms with van der Waals surface area (Å²) in [6.45, 7) is 2.42. The van der Waals surface area contributed by atoms with Crippen LogP contribution in [0.5, 0.6) is 0 Å². The molecule has 1 aliphatic heterocycles. The topological polar surface area (TPSA) is 47.3 Å². The molecule has 0 aliphatic carbocycles. The molecule has 17 heavy (non-hydrogen) atoms. The number of nitrogens with one attached hydrogen (secondary N) is 1. The highest BCUT2D eigenvalue weighted by atomic mass is 16.5. The van der Waals surface area contributed by atoms with Crippen molar-refractivity contribution in [2.75, 3.05) is 19.7 Å². The Labute approximate surface area is 99.6 Å². The summed E-state index contributed by atoms with van der Waals surface area (Å²) in [4.78, 5) is 4.47. The van der Waals surface area contributed by atoms with Crippen LogP contribution in [0.15, 0.2) is 41.0 Å². The lowest BCUT2D eigenvalue weighted by molar-refractivity contribution is 0.0250. The van der Waals surface area contributed by atoms with E-state index in [0.717, 1.165) is 31.0 Å². The molecular weight excluding hydrogens is 216 g/mol. The van der Waals surface area contributed by atoms with Crippen LogP contribution in [0.3, 0.4) is 0 Å². The van der Waals surface area contributed by atoms with Crippen LogP contribution in [0.25, 0.3) is 11.5 Å². The predicted molar refractivity (Wildman–Crippen MR) is 63.5 cm³/mol. The smallest absolute Gasteiger partial charge is 0.226 e. The summed E-state index contributed by atoms with van der Waals surface area (Å²) >= 11 is 0. The molecule has 88 valence electrons. The third-order valence-electron chi connectivity index (χ3n) is 2.80. The molecule has 1 unspecified atom stereocenters. The van der Waals surface area contributed by atoms with Gasteiger partial charge in [-0.2, -0.15) is 0 Å². The van der Waals surface area contributed by atoms with Crippen LogP contribution < -0.4 is 5.32 Å². The zero-order valence-electron chi connectivity index (χ0n) is 9.43. The Balaban J connectivity index is 1.83. The quantitative estimate of drug-likeness (QED) is 0.857. The van der Waals surface area contributed by atoms with E-state index in [9.17, 15) is 0 Å². The van der Waals surface area contributed by atoms with E-state index in [0.29, 0.717) is 5.89 Å². The van der Waals surface area contributed by atoms with Crippen molar-refractivity contribution in [2.24, 2.45) is 0 Å². The predicted octanol–water partition coefficient (Wildman–Crippen LogP) is 2.00. The molecule has 0 amide bonds. The highest BCUT2D eigenvalue weighted by Crippen LogP contribution is 2.23.